The van der Waals surface area contributed by atoms with Gasteiger partial charge in [0.25, 0.3) is 0 Å². The number of ketones is 1. The van der Waals surface area contributed by atoms with E-state index in [0.717, 1.165) is 0 Å². The first-order valence-electron chi connectivity index (χ1n) is 8.20. The van der Waals surface area contributed by atoms with E-state index in [1.165, 1.54) is 55.4 Å². The number of allylic oxidation sites excluding steroid dienone is 1. The first-order chi connectivity index (χ1) is 9.02. The molecule has 19 heavy (non-hydrogen) atoms. The number of carbonyl (C=O) groups excluding carboxylic acids is 1. The standard InChI is InChI=1S/C5H7O.3C4H9.Sn/c1-3-4-5(2)6;3*1-3-4-2;/h1,4H2,2H3;3*1,3-4H2,2H3;. The van der Waals surface area contributed by atoms with Crippen LogP contribution in [0.5, 0.6) is 0 Å². The second-order valence-electron chi connectivity index (χ2n) is 6.07. The van der Waals surface area contributed by atoms with Crippen molar-refractivity contribution in [1.82, 2.24) is 0 Å². The molecule has 0 atom stereocenters. The molecule has 0 spiro atoms. The molecule has 0 fully saturated rings. The molecule has 0 saturated heterocycles. The van der Waals surface area contributed by atoms with Crippen LogP contribution >= 0.6 is 0 Å². The summed E-state index contributed by atoms with van der Waals surface area (Å²) in [6.07, 6.45) is 8.56. The zero-order valence-electron chi connectivity index (χ0n) is 13.7. The van der Waals surface area contributed by atoms with Gasteiger partial charge in [0, 0.05) is 0 Å². The summed E-state index contributed by atoms with van der Waals surface area (Å²) in [5.74, 6) is 0.315. The molecule has 2 heteroatoms. The Hall–Kier alpha value is 0.209. The van der Waals surface area contributed by atoms with Crippen molar-refractivity contribution in [3.8, 4) is 0 Å². The van der Waals surface area contributed by atoms with Gasteiger partial charge in [0.1, 0.15) is 0 Å². The number of carbonyl (C=O) groups is 1. The van der Waals surface area contributed by atoms with Gasteiger partial charge >= 0.3 is 125 Å². The van der Waals surface area contributed by atoms with E-state index in [4.69, 9.17) is 0 Å². The van der Waals surface area contributed by atoms with E-state index in [1.54, 1.807) is 6.92 Å². The van der Waals surface area contributed by atoms with Crippen molar-refractivity contribution in [2.24, 2.45) is 0 Å². The molecule has 1 nitrogen and oxygen atoms in total. The van der Waals surface area contributed by atoms with E-state index in [-0.39, 0.29) is 0 Å². The third kappa shape index (κ3) is 7.53. The third-order valence-corrected chi connectivity index (χ3v) is 20.2. The van der Waals surface area contributed by atoms with Crippen LogP contribution in [0.4, 0.5) is 0 Å². The Morgan fingerprint density at radius 1 is 0.895 bits per heavy atom. The van der Waals surface area contributed by atoms with Gasteiger partial charge in [-0.25, -0.2) is 0 Å². The monoisotopic (exact) mass is 374 g/mol. The second kappa shape index (κ2) is 10.9. The summed E-state index contributed by atoms with van der Waals surface area (Å²) in [5, 5.41) is 0. The molecule has 0 aromatic heterocycles. The molecule has 0 aliphatic heterocycles. The van der Waals surface area contributed by atoms with Crippen molar-refractivity contribution in [3.63, 3.8) is 0 Å². The maximum atomic E-state index is 11.5. The molecule has 0 aromatic rings. The van der Waals surface area contributed by atoms with E-state index in [2.05, 4.69) is 27.4 Å². The molecule has 0 rings (SSSR count). The molecule has 0 bridgehead atoms. The third-order valence-electron chi connectivity index (χ3n) is 4.24. The number of rotatable bonds is 12. The van der Waals surface area contributed by atoms with Gasteiger partial charge in [-0.2, -0.15) is 0 Å². The van der Waals surface area contributed by atoms with Crippen molar-refractivity contribution < 1.29 is 4.79 Å². The molecule has 0 unspecified atom stereocenters. The Balaban J connectivity index is 4.95. The summed E-state index contributed by atoms with van der Waals surface area (Å²) in [5.41, 5.74) is 0. The van der Waals surface area contributed by atoms with Crippen LogP contribution in [0, 0.1) is 0 Å². The fraction of sp³-hybridized carbons (Fsp3) is 0.824. The van der Waals surface area contributed by atoms with E-state index in [1.807, 2.05) is 0 Å². The molecule has 0 N–H and O–H groups in total. The normalized spacial score (nSPS) is 11.6. The Bertz CT molecular complexity index is 249. The van der Waals surface area contributed by atoms with E-state index in [0.29, 0.717) is 12.2 Å². The van der Waals surface area contributed by atoms with Gasteiger partial charge in [0.05, 0.1) is 0 Å². The molecule has 0 aliphatic rings. The zero-order valence-corrected chi connectivity index (χ0v) is 16.5. The fourth-order valence-electron chi connectivity index (χ4n) is 2.94. The van der Waals surface area contributed by atoms with Crippen LogP contribution in [0.25, 0.3) is 0 Å². The molecule has 0 heterocycles. The van der Waals surface area contributed by atoms with Crippen LogP contribution in [0.15, 0.2) is 10.2 Å². The summed E-state index contributed by atoms with van der Waals surface area (Å²) in [7, 11) is 0. The van der Waals surface area contributed by atoms with Crippen molar-refractivity contribution in [2.45, 2.75) is 86.0 Å². The minimum absolute atomic E-state index is 0.315. The summed E-state index contributed by atoms with van der Waals surface area (Å²) in [6, 6.07) is 0. The van der Waals surface area contributed by atoms with Gasteiger partial charge < -0.3 is 0 Å². The molecule has 0 amide bonds. The van der Waals surface area contributed by atoms with E-state index >= 15 is 0 Å². The average Bonchev–Trinajstić information content (AvgIpc) is 2.37. The molecule has 0 aromatic carbocycles. The molecule has 112 valence electrons. The van der Waals surface area contributed by atoms with Crippen molar-refractivity contribution in [2.75, 3.05) is 0 Å². The molecule has 0 aliphatic carbocycles. The predicted molar refractivity (Wildman–Crippen MR) is 89.3 cm³/mol. The molecular weight excluding hydrogens is 339 g/mol. The van der Waals surface area contributed by atoms with Crippen LogP contribution in [0.1, 0.15) is 72.6 Å². The summed E-state index contributed by atoms with van der Waals surface area (Å²) in [6.45, 7) is 13.0. The Kier molecular flexibility index (Phi) is 11.1. The fourth-order valence-corrected chi connectivity index (χ4v) is 18.7. The van der Waals surface area contributed by atoms with Gasteiger partial charge in [-0.1, -0.05) is 0 Å². The Morgan fingerprint density at radius 2 is 1.26 bits per heavy atom. The molecular formula is C17H34OSn. The number of hydrogen-bond donors (Lipinski definition) is 0. The quantitative estimate of drug-likeness (QED) is 0.389. The topological polar surface area (TPSA) is 17.1 Å². The SMILES string of the molecule is C=[C](CC(C)=O)[Sn]([CH2]CCC)([CH2]CCC)[CH2]CCC. The Labute approximate surface area is 125 Å². The first kappa shape index (κ1) is 19.2. The van der Waals surface area contributed by atoms with Crippen LogP contribution in [-0.4, -0.2) is 24.2 Å². The van der Waals surface area contributed by atoms with Crippen LogP contribution in [0.3, 0.4) is 0 Å². The number of hydrogen-bond acceptors (Lipinski definition) is 1. The number of Topliss-reactive ketones (excluding diaryl/α,β-unsaturated/α-hetero) is 1. The van der Waals surface area contributed by atoms with Crippen LogP contribution in [0.2, 0.25) is 13.3 Å². The summed E-state index contributed by atoms with van der Waals surface area (Å²) < 4.78 is 5.70. The van der Waals surface area contributed by atoms with Crippen LogP contribution < -0.4 is 0 Å². The van der Waals surface area contributed by atoms with Crippen molar-refractivity contribution in [3.05, 3.63) is 10.2 Å². The van der Waals surface area contributed by atoms with Crippen LogP contribution in [-0.2, 0) is 4.79 Å². The van der Waals surface area contributed by atoms with Crippen molar-refractivity contribution >= 4 is 24.2 Å². The van der Waals surface area contributed by atoms with E-state index in [9.17, 15) is 4.79 Å². The number of unbranched alkanes of at least 4 members (excludes halogenated alkanes) is 3. The van der Waals surface area contributed by atoms with Gasteiger partial charge in [0.2, 0.25) is 0 Å². The first-order valence-corrected chi connectivity index (χ1v) is 15.7. The average molecular weight is 373 g/mol. The molecule has 0 saturated carbocycles. The molecule has 0 radical (unpaired) electrons. The summed E-state index contributed by atoms with van der Waals surface area (Å²) in [4.78, 5) is 11.5. The van der Waals surface area contributed by atoms with E-state index < -0.39 is 18.4 Å². The van der Waals surface area contributed by atoms with Gasteiger partial charge in [-0.3, -0.25) is 0 Å². The Morgan fingerprint density at radius 3 is 1.53 bits per heavy atom. The predicted octanol–water partition coefficient (Wildman–Crippen LogP) is 5.91. The van der Waals surface area contributed by atoms with Gasteiger partial charge in [-0.15, -0.1) is 0 Å². The summed E-state index contributed by atoms with van der Waals surface area (Å²) >= 11 is -2.29. The van der Waals surface area contributed by atoms with Crippen molar-refractivity contribution in [1.29, 1.82) is 0 Å². The minimum atomic E-state index is -2.29. The maximum absolute atomic E-state index is 11.5. The second-order valence-corrected chi connectivity index (χ2v) is 19.7. The van der Waals surface area contributed by atoms with Gasteiger partial charge in [0.15, 0.2) is 0 Å². The zero-order chi connectivity index (χ0) is 14.7. The van der Waals surface area contributed by atoms with Gasteiger partial charge in [-0.05, 0) is 0 Å².